The molecule has 0 saturated carbocycles. The third-order valence-corrected chi connectivity index (χ3v) is 3.60. The van der Waals surface area contributed by atoms with Crippen molar-refractivity contribution in [2.24, 2.45) is 0 Å². The van der Waals surface area contributed by atoms with Gasteiger partial charge in [0.05, 0.1) is 5.25 Å². The molecule has 0 radical (unpaired) electrons. The third kappa shape index (κ3) is 5.37. The lowest BCUT2D eigenvalue weighted by Gasteiger charge is -2.11. The Hall–Kier alpha value is -1.49. The molecule has 0 saturated heterocycles. The summed E-state index contributed by atoms with van der Waals surface area (Å²) in [6.07, 6.45) is -4.03. The van der Waals surface area contributed by atoms with Gasteiger partial charge < -0.3 is 15.9 Å². The Bertz CT molecular complexity index is 495. The van der Waals surface area contributed by atoms with Gasteiger partial charge in [-0.1, -0.05) is 11.8 Å². The number of halogens is 3. The van der Waals surface area contributed by atoms with Crippen LogP contribution in [-0.4, -0.2) is 45.8 Å². The molecule has 1 aromatic rings. The average molecular weight is 341 g/mol. The predicted octanol–water partition coefficient (Wildman–Crippen LogP) is 1.03. The van der Waals surface area contributed by atoms with Crippen molar-refractivity contribution in [1.29, 1.82) is 0 Å². The average Bonchev–Trinajstić information content (AvgIpc) is 2.79. The maximum Gasteiger partial charge on any atom is 0.453 e. The largest absolute Gasteiger partial charge is 0.453 e. The van der Waals surface area contributed by atoms with Crippen molar-refractivity contribution >= 4 is 17.7 Å². The van der Waals surface area contributed by atoms with Crippen molar-refractivity contribution in [3.8, 4) is 0 Å². The molecule has 0 aliphatic heterocycles. The zero-order chi connectivity index (χ0) is 16.8. The van der Waals surface area contributed by atoms with Crippen molar-refractivity contribution in [2.45, 2.75) is 36.9 Å². The summed E-state index contributed by atoms with van der Waals surface area (Å²) in [6.45, 7) is 4.98. The first kappa shape index (κ1) is 18.6. The Morgan fingerprint density at radius 1 is 1.50 bits per heavy atom. The number of rotatable bonds is 8. The number of thioether (sulfide) groups is 1. The van der Waals surface area contributed by atoms with Gasteiger partial charge in [-0.05, 0) is 20.3 Å². The van der Waals surface area contributed by atoms with Gasteiger partial charge in [0, 0.05) is 19.8 Å². The first-order valence-electron chi connectivity index (χ1n) is 6.57. The van der Waals surface area contributed by atoms with Crippen LogP contribution >= 0.6 is 11.8 Å². The highest BCUT2D eigenvalue weighted by molar-refractivity contribution is 8.00. The van der Waals surface area contributed by atoms with Gasteiger partial charge in [-0.3, -0.25) is 4.79 Å². The monoisotopic (exact) mass is 341 g/mol. The Balaban J connectivity index is 2.49. The first-order valence-corrected chi connectivity index (χ1v) is 7.45. The van der Waals surface area contributed by atoms with Gasteiger partial charge in [0.15, 0.2) is 0 Å². The van der Waals surface area contributed by atoms with Crippen molar-refractivity contribution in [3.05, 3.63) is 5.82 Å². The van der Waals surface area contributed by atoms with Gasteiger partial charge in [-0.25, -0.2) is 4.68 Å². The van der Waals surface area contributed by atoms with Crippen LogP contribution in [0.1, 0.15) is 26.1 Å². The number of carbonyl (C=O) groups is 1. The van der Waals surface area contributed by atoms with E-state index in [9.17, 15) is 18.0 Å². The molecule has 126 valence electrons. The first-order chi connectivity index (χ1) is 10.3. The van der Waals surface area contributed by atoms with E-state index in [2.05, 4.69) is 15.5 Å². The lowest BCUT2D eigenvalue weighted by molar-refractivity contribution is -0.146. The van der Waals surface area contributed by atoms with Crippen LogP contribution in [0, 0.1) is 0 Å². The smallest absolute Gasteiger partial charge is 0.382 e. The van der Waals surface area contributed by atoms with E-state index in [4.69, 9.17) is 10.6 Å². The fourth-order valence-electron chi connectivity index (χ4n) is 1.44. The molecule has 1 rings (SSSR count). The number of amides is 1. The lowest BCUT2D eigenvalue weighted by Crippen LogP contribution is -2.32. The van der Waals surface area contributed by atoms with E-state index in [1.165, 1.54) is 0 Å². The second-order valence-electron chi connectivity index (χ2n) is 4.28. The van der Waals surface area contributed by atoms with E-state index in [0.29, 0.717) is 30.9 Å². The molecule has 0 spiro atoms. The predicted molar refractivity (Wildman–Crippen MR) is 74.6 cm³/mol. The molecule has 22 heavy (non-hydrogen) atoms. The Morgan fingerprint density at radius 2 is 2.18 bits per heavy atom. The summed E-state index contributed by atoms with van der Waals surface area (Å²) in [5.74, 6) is 3.67. The third-order valence-electron chi connectivity index (χ3n) is 2.54. The summed E-state index contributed by atoms with van der Waals surface area (Å²) in [5, 5.41) is 8.17. The van der Waals surface area contributed by atoms with Gasteiger partial charge >= 0.3 is 6.18 Å². The van der Waals surface area contributed by atoms with Crippen LogP contribution in [0.3, 0.4) is 0 Å². The second-order valence-corrected chi connectivity index (χ2v) is 5.58. The molecule has 1 aromatic heterocycles. The Kier molecular flexibility index (Phi) is 6.94. The lowest BCUT2D eigenvalue weighted by atomic mass is 10.4. The Morgan fingerprint density at radius 3 is 2.73 bits per heavy atom. The van der Waals surface area contributed by atoms with Crippen LogP contribution in [0.2, 0.25) is 0 Å². The summed E-state index contributed by atoms with van der Waals surface area (Å²) in [4.78, 5) is 11.8. The molecule has 1 heterocycles. The van der Waals surface area contributed by atoms with Crippen molar-refractivity contribution in [2.75, 3.05) is 25.6 Å². The van der Waals surface area contributed by atoms with E-state index in [0.717, 1.165) is 11.8 Å². The zero-order valence-electron chi connectivity index (χ0n) is 12.2. The molecule has 0 aromatic carbocycles. The number of nitrogens with two attached hydrogens (primary N) is 1. The van der Waals surface area contributed by atoms with E-state index in [-0.39, 0.29) is 11.1 Å². The fraction of sp³-hybridized carbons (Fsp3) is 0.727. The number of alkyl halides is 3. The van der Waals surface area contributed by atoms with Crippen LogP contribution in [-0.2, 0) is 15.7 Å². The molecule has 1 unspecified atom stereocenters. The van der Waals surface area contributed by atoms with Crippen LogP contribution in [0.5, 0.6) is 0 Å². The number of aromatic nitrogens is 3. The number of nitrogens with one attached hydrogen (secondary N) is 1. The standard InChI is InChI=1S/C11H18F3N5O2S/c1-3-21-6-4-5-16-8(20)7(2)22-10-18-17-9(19(10)15)11(12,13)14/h7H,3-6,15H2,1-2H3,(H,16,20). The van der Waals surface area contributed by atoms with Crippen LogP contribution in [0.25, 0.3) is 0 Å². The minimum Gasteiger partial charge on any atom is -0.382 e. The summed E-state index contributed by atoms with van der Waals surface area (Å²) in [7, 11) is 0. The van der Waals surface area contributed by atoms with Crippen molar-refractivity contribution < 1.29 is 22.7 Å². The summed E-state index contributed by atoms with van der Waals surface area (Å²) >= 11 is 0.805. The molecule has 1 atom stereocenters. The minimum absolute atomic E-state index is 0.177. The highest BCUT2D eigenvalue weighted by atomic mass is 32.2. The molecule has 0 aliphatic rings. The van der Waals surface area contributed by atoms with Crippen molar-refractivity contribution in [3.63, 3.8) is 0 Å². The number of nitrogens with zero attached hydrogens (tertiary/aromatic N) is 3. The number of ether oxygens (including phenoxy) is 1. The molecule has 0 fully saturated rings. The molecule has 3 N–H and O–H groups in total. The van der Waals surface area contributed by atoms with Crippen molar-refractivity contribution in [1.82, 2.24) is 20.2 Å². The summed E-state index contributed by atoms with van der Waals surface area (Å²) < 4.78 is 43.0. The summed E-state index contributed by atoms with van der Waals surface area (Å²) in [6, 6.07) is 0. The van der Waals surface area contributed by atoms with Crippen LogP contribution in [0.15, 0.2) is 5.16 Å². The van der Waals surface area contributed by atoms with Gasteiger partial charge in [0.25, 0.3) is 5.82 Å². The van der Waals surface area contributed by atoms with Gasteiger partial charge in [-0.2, -0.15) is 13.2 Å². The minimum atomic E-state index is -4.69. The Labute approximate surface area is 129 Å². The zero-order valence-corrected chi connectivity index (χ0v) is 13.0. The molecule has 1 amide bonds. The van der Waals surface area contributed by atoms with E-state index in [1.54, 1.807) is 6.92 Å². The quantitative estimate of drug-likeness (QED) is 0.417. The normalized spacial score (nSPS) is 13.1. The second kappa shape index (κ2) is 8.22. The SMILES string of the molecule is CCOCCCNC(=O)C(C)Sc1nnc(C(F)(F)F)n1N. The van der Waals surface area contributed by atoms with E-state index < -0.39 is 17.3 Å². The van der Waals surface area contributed by atoms with Crippen LogP contribution < -0.4 is 11.2 Å². The van der Waals surface area contributed by atoms with Gasteiger partial charge in [0.1, 0.15) is 0 Å². The maximum absolute atomic E-state index is 12.5. The maximum atomic E-state index is 12.5. The summed E-state index contributed by atoms with van der Waals surface area (Å²) in [5.41, 5.74) is 0. The van der Waals surface area contributed by atoms with Gasteiger partial charge in [0.2, 0.25) is 11.1 Å². The highest BCUT2D eigenvalue weighted by Crippen LogP contribution is 2.29. The number of hydrogen-bond donors (Lipinski definition) is 2. The molecule has 0 bridgehead atoms. The fourth-order valence-corrected chi connectivity index (χ4v) is 2.23. The van der Waals surface area contributed by atoms with Gasteiger partial charge in [-0.15, -0.1) is 10.2 Å². The molecule has 7 nitrogen and oxygen atoms in total. The highest BCUT2D eigenvalue weighted by Gasteiger charge is 2.38. The van der Waals surface area contributed by atoms with Crippen LogP contribution in [0.4, 0.5) is 13.2 Å². The molecular formula is C11H18F3N5O2S. The topological polar surface area (TPSA) is 95.1 Å². The molecular weight excluding hydrogens is 323 g/mol. The number of nitrogen functional groups attached to an aromatic ring is 1. The number of hydrogen-bond acceptors (Lipinski definition) is 6. The molecule has 11 heteroatoms. The van der Waals surface area contributed by atoms with E-state index in [1.807, 2.05) is 6.92 Å². The van der Waals surface area contributed by atoms with E-state index >= 15 is 0 Å². The molecule has 0 aliphatic carbocycles. The number of carbonyl (C=O) groups excluding carboxylic acids is 1.